The number of piperidine rings is 1. The largest absolute Gasteiger partial charge is 0.396 e. The van der Waals surface area contributed by atoms with E-state index in [1.807, 2.05) is 6.92 Å². The predicted molar refractivity (Wildman–Crippen MR) is 82.1 cm³/mol. The average molecular weight is 314 g/mol. The Labute approximate surface area is 126 Å². The number of anilines is 1. The molecule has 2 rings (SSSR count). The molecule has 21 heavy (non-hydrogen) atoms. The van der Waals surface area contributed by atoms with Gasteiger partial charge in [-0.25, -0.2) is 12.8 Å². The molecule has 0 amide bonds. The zero-order chi connectivity index (χ0) is 15.8. The summed E-state index contributed by atoms with van der Waals surface area (Å²) in [5.41, 5.74) is 6.34. The van der Waals surface area contributed by atoms with Crippen molar-refractivity contribution in [3.05, 3.63) is 23.0 Å². The number of nitrogens with two attached hydrogens (primary N) is 1. The van der Waals surface area contributed by atoms with E-state index in [1.54, 1.807) is 18.2 Å². The molecule has 0 bridgehead atoms. The van der Waals surface area contributed by atoms with Crippen LogP contribution in [0.5, 0.6) is 0 Å². The number of nitrogens with zero attached hydrogens (tertiary/aromatic N) is 1. The molecular weight excluding hydrogens is 291 g/mol. The maximum atomic E-state index is 13.7. The summed E-state index contributed by atoms with van der Waals surface area (Å²) in [5.74, 6) is -0.561. The minimum atomic E-state index is -3.64. The smallest absolute Gasteiger partial charge is 0.243 e. The molecule has 1 unspecified atom stereocenters. The van der Waals surface area contributed by atoms with Crippen LogP contribution in [-0.2, 0) is 10.0 Å². The van der Waals surface area contributed by atoms with Crippen LogP contribution >= 0.6 is 0 Å². The molecule has 2 N–H and O–H groups in total. The van der Waals surface area contributed by atoms with Gasteiger partial charge in [-0.2, -0.15) is 4.31 Å². The number of benzene rings is 1. The fourth-order valence-corrected chi connectivity index (χ4v) is 5.36. The maximum Gasteiger partial charge on any atom is 0.243 e. The molecule has 1 saturated heterocycles. The van der Waals surface area contributed by atoms with Gasteiger partial charge in [0.1, 0.15) is 5.82 Å². The molecule has 118 valence electrons. The van der Waals surface area contributed by atoms with Gasteiger partial charge in [0.05, 0.1) is 10.6 Å². The van der Waals surface area contributed by atoms with Gasteiger partial charge in [0.2, 0.25) is 10.0 Å². The third-order valence-electron chi connectivity index (χ3n) is 4.31. The second-order valence-corrected chi connectivity index (χ2v) is 7.54. The lowest BCUT2D eigenvalue weighted by atomic mass is 10.0. The van der Waals surface area contributed by atoms with Gasteiger partial charge >= 0.3 is 0 Å². The molecule has 0 saturated carbocycles. The minimum Gasteiger partial charge on any atom is -0.396 e. The van der Waals surface area contributed by atoms with Crippen molar-refractivity contribution in [2.75, 3.05) is 12.3 Å². The molecule has 1 aromatic carbocycles. The minimum absolute atomic E-state index is 0.0221. The first-order valence-corrected chi connectivity index (χ1v) is 8.81. The molecule has 1 heterocycles. The van der Waals surface area contributed by atoms with Crippen LogP contribution in [0.25, 0.3) is 0 Å². The lowest BCUT2D eigenvalue weighted by molar-refractivity contribution is 0.246. The van der Waals surface area contributed by atoms with Crippen LogP contribution in [0.15, 0.2) is 11.0 Å². The van der Waals surface area contributed by atoms with Gasteiger partial charge in [0.25, 0.3) is 0 Å². The Bertz CT molecular complexity index is 644. The molecule has 1 atom stereocenters. The van der Waals surface area contributed by atoms with Crippen molar-refractivity contribution >= 4 is 15.7 Å². The van der Waals surface area contributed by atoms with E-state index in [1.165, 1.54) is 6.07 Å². The van der Waals surface area contributed by atoms with Crippen molar-refractivity contribution in [3.63, 3.8) is 0 Å². The zero-order valence-corrected chi connectivity index (χ0v) is 13.6. The molecule has 0 aromatic heterocycles. The summed E-state index contributed by atoms with van der Waals surface area (Å²) in [5, 5.41) is 0. The molecule has 4 nitrogen and oxygen atoms in total. The van der Waals surface area contributed by atoms with Crippen LogP contribution < -0.4 is 5.73 Å². The number of hydrogen-bond acceptors (Lipinski definition) is 3. The van der Waals surface area contributed by atoms with E-state index in [2.05, 4.69) is 0 Å². The first kappa shape index (κ1) is 16.2. The third-order valence-corrected chi connectivity index (χ3v) is 6.56. The van der Waals surface area contributed by atoms with Crippen LogP contribution in [0.3, 0.4) is 0 Å². The highest BCUT2D eigenvalue weighted by Crippen LogP contribution is 2.33. The number of hydrogen-bond donors (Lipinski definition) is 1. The molecule has 0 aliphatic carbocycles. The Hall–Kier alpha value is -1.14. The number of sulfonamides is 1. The van der Waals surface area contributed by atoms with E-state index in [0.717, 1.165) is 25.7 Å². The van der Waals surface area contributed by atoms with Crippen LogP contribution in [0.1, 0.15) is 43.7 Å². The Morgan fingerprint density at radius 1 is 1.38 bits per heavy atom. The summed E-state index contributed by atoms with van der Waals surface area (Å²) in [6.07, 6.45) is 3.58. The lowest BCUT2D eigenvalue weighted by Crippen LogP contribution is -2.43. The first-order valence-electron chi connectivity index (χ1n) is 7.37. The summed E-state index contributed by atoms with van der Waals surface area (Å²) in [6, 6.07) is 1.23. The highest BCUT2D eigenvalue weighted by atomic mass is 32.2. The van der Waals surface area contributed by atoms with Crippen molar-refractivity contribution in [3.8, 4) is 0 Å². The fraction of sp³-hybridized carbons (Fsp3) is 0.600. The van der Waals surface area contributed by atoms with Crippen molar-refractivity contribution in [2.24, 2.45) is 0 Å². The van der Waals surface area contributed by atoms with Crippen molar-refractivity contribution in [1.29, 1.82) is 0 Å². The summed E-state index contributed by atoms with van der Waals surface area (Å²) >= 11 is 0. The molecule has 1 aliphatic rings. The Balaban J connectivity index is 2.56. The van der Waals surface area contributed by atoms with Gasteiger partial charge in [0.15, 0.2) is 0 Å². The van der Waals surface area contributed by atoms with E-state index in [0.29, 0.717) is 17.7 Å². The van der Waals surface area contributed by atoms with Crippen molar-refractivity contribution < 1.29 is 12.8 Å². The van der Waals surface area contributed by atoms with E-state index >= 15 is 0 Å². The van der Waals surface area contributed by atoms with Gasteiger partial charge in [-0.1, -0.05) is 13.3 Å². The average Bonchev–Trinajstić information content (AvgIpc) is 2.44. The Morgan fingerprint density at radius 3 is 2.67 bits per heavy atom. The predicted octanol–water partition coefficient (Wildman–Crippen LogP) is 2.98. The second-order valence-electron chi connectivity index (χ2n) is 5.72. The normalized spacial score (nSPS) is 20.7. The summed E-state index contributed by atoms with van der Waals surface area (Å²) in [4.78, 5) is 0.168. The molecule has 1 aromatic rings. The summed E-state index contributed by atoms with van der Waals surface area (Å²) in [7, 11) is -3.64. The molecule has 1 fully saturated rings. The summed E-state index contributed by atoms with van der Waals surface area (Å²) < 4.78 is 41.3. The lowest BCUT2D eigenvalue weighted by Gasteiger charge is -2.35. The van der Waals surface area contributed by atoms with Gasteiger partial charge in [0, 0.05) is 12.6 Å². The van der Waals surface area contributed by atoms with Gasteiger partial charge in [-0.3, -0.25) is 0 Å². The number of halogens is 1. The van der Waals surface area contributed by atoms with Crippen LogP contribution in [0.4, 0.5) is 10.1 Å². The van der Waals surface area contributed by atoms with Crippen LogP contribution in [0.2, 0.25) is 0 Å². The topological polar surface area (TPSA) is 63.4 Å². The molecule has 6 heteroatoms. The summed E-state index contributed by atoms with van der Waals surface area (Å²) in [6.45, 7) is 5.71. The Morgan fingerprint density at radius 2 is 2.05 bits per heavy atom. The zero-order valence-electron chi connectivity index (χ0n) is 12.8. The molecule has 0 radical (unpaired) electrons. The van der Waals surface area contributed by atoms with E-state index in [4.69, 9.17) is 5.73 Å². The SMILES string of the molecule is CCC1CCCCN1S(=O)(=O)c1c(C)cc(F)c(N)c1C. The highest BCUT2D eigenvalue weighted by molar-refractivity contribution is 7.89. The Kier molecular flexibility index (Phi) is 4.58. The first-order chi connectivity index (χ1) is 9.80. The fourth-order valence-electron chi connectivity index (χ4n) is 3.14. The van der Waals surface area contributed by atoms with Gasteiger partial charge in [-0.15, -0.1) is 0 Å². The molecule has 0 spiro atoms. The number of rotatable bonds is 3. The monoisotopic (exact) mass is 314 g/mol. The second kappa shape index (κ2) is 5.93. The van der Waals surface area contributed by atoms with Crippen molar-refractivity contribution in [1.82, 2.24) is 4.31 Å². The number of nitrogen functional groups attached to an aromatic ring is 1. The van der Waals surface area contributed by atoms with Gasteiger partial charge in [-0.05, 0) is 50.3 Å². The standard InChI is InChI=1S/C15H23FN2O2S/c1-4-12-7-5-6-8-18(12)21(19,20)15-10(2)9-13(16)14(17)11(15)3/h9,12H,4-8,17H2,1-3H3. The van der Waals surface area contributed by atoms with E-state index < -0.39 is 15.8 Å². The maximum absolute atomic E-state index is 13.7. The molecular formula is C15H23FN2O2S. The van der Waals surface area contributed by atoms with Crippen LogP contribution in [0, 0.1) is 19.7 Å². The highest BCUT2D eigenvalue weighted by Gasteiger charge is 2.35. The third kappa shape index (κ3) is 2.79. The van der Waals surface area contributed by atoms with Crippen LogP contribution in [-0.4, -0.2) is 25.3 Å². The van der Waals surface area contributed by atoms with Crippen molar-refractivity contribution in [2.45, 2.75) is 57.4 Å². The van der Waals surface area contributed by atoms with E-state index in [9.17, 15) is 12.8 Å². The number of aryl methyl sites for hydroxylation is 1. The van der Waals surface area contributed by atoms with E-state index in [-0.39, 0.29) is 16.6 Å². The molecule has 1 aliphatic heterocycles. The quantitative estimate of drug-likeness (QED) is 0.872. The van der Waals surface area contributed by atoms with Gasteiger partial charge < -0.3 is 5.73 Å².